The Labute approximate surface area is 135 Å². The Morgan fingerprint density at radius 2 is 2.14 bits per heavy atom. The summed E-state index contributed by atoms with van der Waals surface area (Å²) in [5.74, 6) is 0.491. The van der Waals surface area contributed by atoms with Crippen molar-refractivity contribution in [2.24, 2.45) is 0 Å². The average molecular weight is 411 g/mol. The van der Waals surface area contributed by atoms with Crippen molar-refractivity contribution in [3.63, 3.8) is 0 Å². The van der Waals surface area contributed by atoms with E-state index in [2.05, 4.69) is 29.2 Å². The summed E-state index contributed by atoms with van der Waals surface area (Å²) in [4.78, 5) is 12.3. The number of carbonyl (C=O) groups is 1. The number of anilines is 1. The first-order chi connectivity index (χ1) is 10.2. The molecule has 21 heavy (non-hydrogen) atoms. The molecule has 5 nitrogen and oxygen atoms in total. The standard InChI is InChI=1S/C14H10BrN3O2Se/c1-20-12-6-5-8(7-9(12)15)14(19)16-10-3-2-4-11-13(10)18-21-17-11/h2-7H,1H3,(H,16,19). The van der Waals surface area contributed by atoms with Crippen LogP contribution in [0.4, 0.5) is 5.69 Å². The fourth-order valence-electron chi connectivity index (χ4n) is 1.91. The number of hydrogen-bond acceptors (Lipinski definition) is 4. The van der Waals surface area contributed by atoms with Crippen molar-refractivity contribution < 1.29 is 9.53 Å². The topological polar surface area (TPSA) is 64.1 Å². The molecule has 0 saturated carbocycles. The summed E-state index contributed by atoms with van der Waals surface area (Å²) < 4.78 is 14.5. The van der Waals surface area contributed by atoms with Crippen molar-refractivity contribution in [2.75, 3.05) is 12.4 Å². The summed E-state index contributed by atoms with van der Waals surface area (Å²) >= 11 is 3.26. The number of nitrogens with one attached hydrogen (secondary N) is 1. The molecule has 1 heterocycles. The van der Waals surface area contributed by atoms with Crippen LogP contribution in [0.3, 0.4) is 0 Å². The van der Waals surface area contributed by atoms with E-state index in [4.69, 9.17) is 4.74 Å². The molecular formula is C14H10BrN3O2Se. The molecule has 7 heteroatoms. The van der Waals surface area contributed by atoms with Crippen LogP contribution in [0.5, 0.6) is 5.75 Å². The monoisotopic (exact) mass is 411 g/mol. The van der Waals surface area contributed by atoms with Crippen LogP contribution < -0.4 is 10.1 Å². The third-order valence-electron chi connectivity index (χ3n) is 2.95. The quantitative estimate of drug-likeness (QED) is 0.674. The number of halogens is 1. The van der Waals surface area contributed by atoms with Crippen LogP contribution in [0, 0.1) is 0 Å². The molecule has 0 aliphatic rings. The molecule has 1 aromatic heterocycles. The van der Waals surface area contributed by atoms with E-state index < -0.39 is 0 Å². The van der Waals surface area contributed by atoms with Crippen molar-refractivity contribution in [1.29, 1.82) is 0 Å². The van der Waals surface area contributed by atoms with Gasteiger partial charge < -0.3 is 0 Å². The van der Waals surface area contributed by atoms with Gasteiger partial charge in [0.15, 0.2) is 0 Å². The Bertz CT molecular complexity index is 819. The molecule has 0 aliphatic carbocycles. The van der Waals surface area contributed by atoms with Gasteiger partial charge in [0.25, 0.3) is 0 Å². The summed E-state index contributed by atoms with van der Waals surface area (Å²) in [6.45, 7) is 0. The van der Waals surface area contributed by atoms with Gasteiger partial charge in [0.1, 0.15) is 0 Å². The van der Waals surface area contributed by atoms with Gasteiger partial charge in [-0.15, -0.1) is 0 Å². The molecule has 1 N–H and O–H groups in total. The molecule has 3 aromatic rings. The fraction of sp³-hybridized carbons (Fsp3) is 0.0714. The first kappa shape index (κ1) is 14.3. The normalized spacial score (nSPS) is 10.6. The SMILES string of the molecule is COc1ccc(C(=O)Nc2cccc3n[se]nc23)cc1Br. The second-order valence-electron chi connectivity index (χ2n) is 4.24. The summed E-state index contributed by atoms with van der Waals surface area (Å²) in [5.41, 5.74) is 2.83. The van der Waals surface area contributed by atoms with Crippen LogP contribution in [0.1, 0.15) is 10.4 Å². The Kier molecular flexibility index (Phi) is 4.05. The molecule has 0 radical (unpaired) electrons. The van der Waals surface area contributed by atoms with Gasteiger partial charge in [0.2, 0.25) is 0 Å². The number of amides is 1. The van der Waals surface area contributed by atoms with Crippen LogP contribution in [0.25, 0.3) is 11.0 Å². The van der Waals surface area contributed by atoms with E-state index in [9.17, 15) is 4.79 Å². The maximum absolute atomic E-state index is 12.3. The predicted molar refractivity (Wildman–Crippen MR) is 85.1 cm³/mol. The molecule has 0 unspecified atom stereocenters. The number of methoxy groups -OCH3 is 1. The zero-order valence-electron chi connectivity index (χ0n) is 11.0. The first-order valence-corrected chi connectivity index (χ1v) is 8.38. The molecule has 3 rings (SSSR count). The van der Waals surface area contributed by atoms with E-state index in [1.54, 1.807) is 25.3 Å². The van der Waals surface area contributed by atoms with E-state index >= 15 is 0 Å². The van der Waals surface area contributed by atoms with Crippen LogP contribution >= 0.6 is 15.9 Å². The molecule has 1 amide bonds. The summed E-state index contributed by atoms with van der Waals surface area (Å²) in [5, 5.41) is 2.88. The fourth-order valence-corrected chi connectivity index (χ4v) is 3.60. The number of ether oxygens (including phenoxy) is 1. The maximum atomic E-state index is 12.3. The third-order valence-corrected chi connectivity index (χ3v) is 4.71. The van der Waals surface area contributed by atoms with E-state index in [-0.39, 0.29) is 20.9 Å². The second kappa shape index (κ2) is 5.97. The predicted octanol–water partition coefficient (Wildman–Crippen LogP) is 2.71. The Morgan fingerprint density at radius 3 is 2.90 bits per heavy atom. The van der Waals surface area contributed by atoms with Crippen molar-refractivity contribution >= 4 is 53.5 Å². The molecule has 0 fully saturated rings. The van der Waals surface area contributed by atoms with Gasteiger partial charge in [-0.25, -0.2) is 0 Å². The van der Waals surface area contributed by atoms with Gasteiger partial charge in [-0.2, -0.15) is 0 Å². The van der Waals surface area contributed by atoms with Gasteiger partial charge in [-0.1, -0.05) is 0 Å². The van der Waals surface area contributed by atoms with Crippen LogP contribution in [0.15, 0.2) is 40.9 Å². The molecule has 0 bridgehead atoms. The third kappa shape index (κ3) is 2.85. The van der Waals surface area contributed by atoms with Gasteiger partial charge >= 0.3 is 136 Å². The number of carbonyl (C=O) groups excluding carboxylic acids is 1. The minimum absolute atomic E-state index is 0.119. The van der Waals surface area contributed by atoms with Crippen molar-refractivity contribution in [2.45, 2.75) is 0 Å². The van der Waals surface area contributed by atoms with Crippen molar-refractivity contribution in [3.05, 3.63) is 46.4 Å². The van der Waals surface area contributed by atoms with Gasteiger partial charge in [0, 0.05) is 0 Å². The van der Waals surface area contributed by atoms with Crippen LogP contribution in [-0.2, 0) is 0 Å². The molecule has 2 aromatic carbocycles. The van der Waals surface area contributed by atoms with E-state index in [0.29, 0.717) is 17.0 Å². The van der Waals surface area contributed by atoms with Gasteiger partial charge in [-0.3, -0.25) is 0 Å². The molecule has 0 aliphatic heterocycles. The number of fused-ring (bicyclic) bond motifs is 1. The number of nitrogens with zero attached hydrogens (tertiary/aromatic N) is 2. The first-order valence-electron chi connectivity index (χ1n) is 6.05. The van der Waals surface area contributed by atoms with Crippen LogP contribution in [0.2, 0.25) is 0 Å². The Morgan fingerprint density at radius 1 is 1.29 bits per heavy atom. The molecule has 106 valence electrons. The number of aromatic nitrogens is 2. The molecular weight excluding hydrogens is 401 g/mol. The summed E-state index contributed by atoms with van der Waals surface area (Å²) in [6.07, 6.45) is 0. The van der Waals surface area contributed by atoms with Gasteiger partial charge in [-0.05, 0) is 0 Å². The second-order valence-corrected chi connectivity index (χ2v) is 6.20. The zero-order valence-corrected chi connectivity index (χ0v) is 14.3. The average Bonchev–Trinajstić information content (AvgIpc) is 2.96. The van der Waals surface area contributed by atoms with Crippen molar-refractivity contribution in [3.8, 4) is 5.75 Å². The molecule has 0 spiro atoms. The molecule has 0 atom stereocenters. The molecule has 0 saturated heterocycles. The minimum atomic E-state index is -0.193. The summed E-state index contributed by atoms with van der Waals surface area (Å²) in [6, 6.07) is 10.8. The zero-order chi connectivity index (χ0) is 14.8. The van der Waals surface area contributed by atoms with Crippen LogP contribution in [-0.4, -0.2) is 35.9 Å². The Balaban J connectivity index is 1.89. The Hall–Kier alpha value is -1.69. The van der Waals surface area contributed by atoms with E-state index in [0.717, 1.165) is 15.5 Å². The summed E-state index contributed by atoms with van der Waals surface area (Å²) in [7, 11) is 1.58. The number of benzene rings is 2. The van der Waals surface area contributed by atoms with E-state index in [1.807, 2.05) is 18.2 Å². The number of hydrogen-bond donors (Lipinski definition) is 1. The van der Waals surface area contributed by atoms with Gasteiger partial charge in [0.05, 0.1) is 0 Å². The van der Waals surface area contributed by atoms with E-state index in [1.165, 1.54) is 0 Å². The number of rotatable bonds is 3. The van der Waals surface area contributed by atoms with Crippen molar-refractivity contribution in [1.82, 2.24) is 7.96 Å².